The average Bonchev–Trinajstić information content (AvgIpc) is 2.62. The van der Waals surface area contributed by atoms with Gasteiger partial charge in [0.1, 0.15) is 6.10 Å². The number of carbonyl (C=O) groups is 2. The Kier molecular flexibility index (Phi) is 4.59. The van der Waals surface area contributed by atoms with Gasteiger partial charge in [-0.05, 0) is 25.2 Å². The molecule has 1 fully saturated rings. The van der Waals surface area contributed by atoms with Crippen LogP contribution in [0, 0.1) is 5.92 Å². The van der Waals surface area contributed by atoms with Crippen LogP contribution in [0.15, 0.2) is 0 Å². The van der Waals surface area contributed by atoms with Crippen LogP contribution in [0.4, 0.5) is 0 Å². The van der Waals surface area contributed by atoms with E-state index in [-0.39, 0.29) is 24.9 Å². The maximum absolute atomic E-state index is 11.2. The van der Waals surface area contributed by atoms with E-state index in [1.54, 1.807) is 0 Å². The smallest absolute Gasteiger partial charge is 0.306 e. The minimum absolute atomic E-state index is 0.0113. The van der Waals surface area contributed by atoms with Gasteiger partial charge in [-0.1, -0.05) is 13.3 Å². The summed E-state index contributed by atoms with van der Waals surface area (Å²) in [5.74, 6) is -0.661. The summed E-state index contributed by atoms with van der Waals surface area (Å²) in [5, 5.41) is 8.40. The molecular formula is C11H18O4. The van der Waals surface area contributed by atoms with Crippen molar-refractivity contribution in [3.8, 4) is 0 Å². The third-order valence-corrected chi connectivity index (χ3v) is 2.91. The molecular weight excluding hydrogens is 196 g/mol. The third kappa shape index (κ3) is 4.32. The number of rotatable bonds is 5. The van der Waals surface area contributed by atoms with E-state index < -0.39 is 5.97 Å². The summed E-state index contributed by atoms with van der Waals surface area (Å²) in [5.41, 5.74) is 0. The molecule has 86 valence electrons. The van der Waals surface area contributed by atoms with Crippen molar-refractivity contribution in [2.24, 2.45) is 5.92 Å². The molecule has 0 aromatic heterocycles. The van der Waals surface area contributed by atoms with Crippen LogP contribution in [-0.4, -0.2) is 23.1 Å². The minimum atomic E-state index is -0.954. The quantitative estimate of drug-likeness (QED) is 0.711. The summed E-state index contributed by atoms with van der Waals surface area (Å²) in [6.45, 7) is 2.14. The maximum atomic E-state index is 11.2. The average molecular weight is 214 g/mol. The van der Waals surface area contributed by atoms with Crippen molar-refractivity contribution >= 4 is 11.9 Å². The summed E-state index contributed by atoms with van der Waals surface area (Å²) in [6, 6.07) is 0. The van der Waals surface area contributed by atoms with Gasteiger partial charge in [0.2, 0.25) is 0 Å². The Bertz CT molecular complexity index is 237. The van der Waals surface area contributed by atoms with E-state index in [1.165, 1.54) is 0 Å². The molecule has 1 rings (SSSR count). The van der Waals surface area contributed by atoms with Gasteiger partial charge in [0.05, 0.1) is 12.8 Å². The van der Waals surface area contributed by atoms with Crippen LogP contribution >= 0.6 is 0 Å². The molecule has 1 N–H and O–H groups in total. The molecule has 0 aliphatic heterocycles. The number of hydrogen-bond acceptors (Lipinski definition) is 3. The van der Waals surface area contributed by atoms with Crippen molar-refractivity contribution in [2.45, 2.75) is 51.6 Å². The SMILES string of the molecule is CCC1CCC(OC(=O)CCC(=O)O)C1. The molecule has 0 heterocycles. The van der Waals surface area contributed by atoms with Gasteiger partial charge in [-0.2, -0.15) is 0 Å². The van der Waals surface area contributed by atoms with Gasteiger partial charge >= 0.3 is 11.9 Å². The number of carboxylic acid groups (broad SMARTS) is 1. The Morgan fingerprint density at radius 3 is 2.60 bits per heavy atom. The Morgan fingerprint density at radius 1 is 1.33 bits per heavy atom. The van der Waals surface area contributed by atoms with Crippen LogP contribution in [0.5, 0.6) is 0 Å². The summed E-state index contributed by atoms with van der Waals surface area (Å²) in [7, 11) is 0. The maximum Gasteiger partial charge on any atom is 0.306 e. The van der Waals surface area contributed by atoms with E-state index in [0.717, 1.165) is 25.7 Å². The van der Waals surface area contributed by atoms with Gasteiger partial charge in [0.15, 0.2) is 0 Å². The second-order valence-electron chi connectivity index (χ2n) is 4.09. The Morgan fingerprint density at radius 2 is 2.07 bits per heavy atom. The predicted molar refractivity (Wildman–Crippen MR) is 54.4 cm³/mol. The lowest BCUT2D eigenvalue weighted by molar-refractivity contribution is -0.151. The van der Waals surface area contributed by atoms with Gasteiger partial charge in [-0.15, -0.1) is 0 Å². The van der Waals surface area contributed by atoms with Crippen LogP contribution in [-0.2, 0) is 14.3 Å². The Hall–Kier alpha value is -1.06. The molecule has 0 amide bonds. The zero-order chi connectivity index (χ0) is 11.3. The zero-order valence-electron chi connectivity index (χ0n) is 9.07. The second kappa shape index (κ2) is 5.73. The van der Waals surface area contributed by atoms with Gasteiger partial charge in [-0.3, -0.25) is 9.59 Å². The van der Waals surface area contributed by atoms with Crippen molar-refractivity contribution in [1.29, 1.82) is 0 Å². The molecule has 15 heavy (non-hydrogen) atoms. The minimum Gasteiger partial charge on any atom is -0.481 e. The molecule has 2 atom stereocenters. The Labute approximate surface area is 89.6 Å². The zero-order valence-corrected chi connectivity index (χ0v) is 9.07. The van der Waals surface area contributed by atoms with E-state index in [0.29, 0.717) is 5.92 Å². The number of esters is 1. The second-order valence-corrected chi connectivity index (χ2v) is 4.09. The van der Waals surface area contributed by atoms with E-state index in [4.69, 9.17) is 9.84 Å². The molecule has 2 unspecified atom stereocenters. The molecule has 1 aliphatic carbocycles. The fourth-order valence-corrected chi connectivity index (χ4v) is 1.96. The molecule has 0 radical (unpaired) electrons. The van der Waals surface area contributed by atoms with Crippen molar-refractivity contribution in [2.75, 3.05) is 0 Å². The van der Waals surface area contributed by atoms with E-state index in [9.17, 15) is 9.59 Å². The van der Waals surface area contributed by atoms with E-state index >= 15 is 0 Å². The first kappa shape index (κ1) is 12.0. The molecule has 4 heteroatoms. The summed E-state index contributed by atoms with van der Waals surface area (Å²) in [6.07, 6.45) is 3.99. The molecule has 1 aliphatic rings. The monoisotopic (exact) mass is 214 g/mol. The molecule has 0 aromatic rings. The fourth-order valence-electron chi connectivity index (χ4n) is 1.96. The van der Waals surface area contributed by atoms with Gasteiger partial charge < -0.3 is 9.84 Å². The lowest BCUT2D eigenvalue weighted by Crippen LogP contribution is -2.16. The Balaban J connectivity index is 2.18. The highest BCUT2D eigenvalue weighted by molar-refractivity contribution is 5.76. The van der Waals surface area contributed by atoms with E-state index in [1.807, 2.05) is 0 Å². The van der Waals surface area contributed by atoms with Gasteiger partial charge in [0.25, 0.3) is 0 Å². The van der Waals surface area contributed by atoms with Crippen LogP contribution in [0.25, 0.3) is 0 Å². The number of hydrogen-bond donors (Lipinski definition) is 1. The highest BCUT2D eigenvalue weighted by Gasteiger charge is 2.26. The standard InChI is InChI=1S/C11H18O4/c1-2-8-3-4-9(7-8)15-11(14)6-5-10(12)13/h8-9H,2-7H2,1H3,(H,12,13). The number of ether oxygens (including phenoxy) is 1. The van der Waals surface area contributed by atoms with Crippen molar-refractivity contribution in [3.05, 3.63) is 0 Å². The summed E-state index contributed by atoms with van der Waals surface area (Å²) < 4.78 is 5.19. The molecule has 0 saturated heterocycles. The van der Waals surface area contributed by atoms with Crippen molar-refractivity contribution in [3.63, 3.8) is 0 Å². The largest absolute Gasteiger partial charge is 0.481 e. The highest BCUT2D eigenvalue weighted by Crippen LogP contribution is 2.30. The van der Waals surface area contributed by atoms with Crippen LogP contribution in [0.1, 0.15) is 45.4 Å². The lowest BCUT2D eigenvalue weighted by atomic mass is 10.1. The summed E-state index contributed by atoms with van der Waals surface area (Å²) >= 11 is 0. The van der Waals surface area contributed by atoms with Gasteiger partial charge in [0, 0.05) is 0 Å². The normalized spacial score (nSPS) is 25.1. The molecule has 0 aromatic carbocycles. The third-order valence-electron chi connectivity index (χ3n) is 2.91. The van der Waals surface area contributed by atoms with E-state index in [2.05, 4.69) is 6.92 Å². The first-order valence-corrected chi connectivity index (χ1v) is 5.53. The number of carbonyl (C=O) groups excluding carboxylic acids is 1. The first-order valence-electron chi connectivity index (χ1n) is 5.53. The topological polar surface area (TPSA) is 63.6 Å². The molecule has 0 bridgehead atoms. The first-order chi connectivity index (χ1) is 7.11. The highest BCUT2D eigenvalue weighted by atomic mass is 16.5. The van der Waals surface area contributed by atoms with Gasteiger partial charge in [-0.25, -0.2) is 0 Å². The molecule has 0 spiro atoms. The molecule has 4 nitrogen and oxygen atoms in total. The predicted octanol–water partition coefficient (Wildman–Crippen LogP) is 1.97. The van der Waals surface area contributed by atoms with Crippen molar-refractivity contribution in [1.82, 2.24) is 0 Å². The van der Waals surface area contributed by atoms with Crippen LogP contribution in [0.2, 0.25) is 0 Å². The molecule has 1 saturated carbocycles. The summed E-state index contributed by atoms with van der Waals surface area (Å²) in [4.78, 5) is 21.4. The lowest BCUT2D eigenvalue weighted by Gasteiger charge is -2.11. The number of aliphatic carboxylic acids is 1. The van der Waals surface area contributed by atoms with Crippen LogP contribution in [0.3, 0.4) is 0 Å². The number of carboxylic acids is 1. The van der Waals surface area contributed by atoms with Crippen molar-refractivity contribution < 1.29 is 19.4 Å². The van der Waals surface area contributed by atoms with Crippen LogP contribution < -0.4 is 0 Å². The fraction of sp³-hybridized carbons (Fsp3) is 0.818.